The number of rotatable bonds is 9. The molecule has 0 bridgehead atoms. The zero-order valence-corrected chi connectivity index (χ0v) is 15.7. The molecule has 0 aliphatic carbocycles. The molecule has 1 aliphatic heterocycles. The van der Waals surface area contributed by atoms with E-state index in [0.717, 1.165) is 11.3 Å². The second-order valence-electron chi connectivity index (χ2n) is 4.93. The van der Waals surface area contributed by atoms with Crippen molar-refractivity contribution < 1.29 is 38.1 Å². The Balaban J connectivity index is 3.23. The highest BCUT2D eigenvalue weighted by atomic mass is 16.6. The molecule has 1 heterocycles. The first-order valence-electron chi connectivity index (χ1n) is 8.48. The molecule has 27 heavy (non-hydrogen) atoms. The van der Waals surface area contributed by atoms with Crippen LogP contribution in [-0.2, 0) is 38.1 Å². The summed E-state index contributed by atoms with van der Waals surface area (Å²) in [5.41, 5.74) is -0.691. The van der Waals surface area contributed by atoms with Gasteiger partial charge in [-0.1, -0.05) is 0 Å². The summed E-state index contributed by atoms with van der Waals surface area (Å²) in [7, 11) is 0. The maximum Gasteiger partial charge on any atom is 0.366 e. The van der Waals surface area contributed by atoms with E-state index in [1.54, 1.807) is 27.7 Å². The molecule has 11 heteroatoms. The molecular formula is C16H23N3O8. The summed E-state index contributed by atoms with van der Waals surface area (Å²) in [6.07, 6.45) is 1.04. The predicted octanol–water partition coefficient (Wildman–Crippen LogP) is -0.324. The van der Waals surface area contributed by atoms with Crippen LogP contribution in [0.2, 0.25) is 0 Å². The van der Waals surface area contributed by atoms with Crippen molar-refractivity contribution in [2.75, 3.05) is 26.4 Å². The minimum Gasteiger partial charge on any atom is -0.464 e. The molecule has 0 unspecified atom stereocenters. The average Bonchev–Trinajstić information content (AvgIpc) is 3.04. The molecule has 0 saturated carbocycles. The number of ether oxygens (including phenoxy) is 4. The maximum atomic E-state index is 12.3. The normalized spacial score (nSPS) is 17.9. The van der Waals surface area contributed by atoms with E-state index >= 15 is 0 Å². The zero-order chi connectivity index (χ0) is 20.4. The van der Waals surface area contributed by atoms with E-state index < -0.39 is 41.7 Å². The van der Waals surface area contributed by atoms with Crippen LogP contribution in [0.15, 0.2) is 10.1 Å². The molecule has 11 nitrogen and oxygen atoms in total. The Hall–Kier alpha value is -2.98. The van der Waals surface area contributed by atoms with Crippen molar-refractivity contribution in [2.24, 2.45) is 10.1 Å². The molecule has 1 rings (SSSR count). The first-order valence-corrected chi connectivity index (χ1v) is 8.48. The van der Waals surface area contributed by atoms with Gasteiger partial charge in [-0.15, -0.1) is 0 Å². The lowest BCUT2D eigenvalue weighted by Gasteiger charge is -2.21. The average molecular weight is 385 g/mol. The van der Waals surface area contributed by atoms with Gasteiger partial charge in [0.2, 0.25) is 0 Å². The van der Waals surface area contributed by atoms with Gasteiger partial charge in [0.05, 0.1) is 26.4 Å². The number of hydrogen-bond acceptors (Lipinski definition) is 11. The van der Waals surface area contributed by atoms with E-state index in [4.69, 9.17) is 18.9 Å². The third-order valence-corrected chi connectivity index (χ3v) is 3.14. The second kappa shape index (κ2) is 10.9. The maximum absolute atomic E-state index is 12.3. The van der Waals surface area contributed by atoms with Crippen LogP contribution in [0, 0.1) is 0 Å². The fourth-order valence-electron chi connectivity index (χ4n) is 2.09. The van der Waals surface area contributed by atoms with Crippen LogP contribution in [0.25, 0.3) is 0 Å². The lowest BCUT2D eigenvalue weighted by molar-refractivity contribution is -0.155. The van der Waals surface area contributed by atoms with Crippen molar-refractivity contribution in [3.8, 4) is 0 Å². The van der Waals surface area contributed by atoms with Crippen molar-refractivity contribution in [1.29, 1.82) is 0 Å². The molecule has 0 aromatic rings. The summed E-state index contributed by atoms with van der Waals surface area (Å²) < 4.78 is 19.4. The second-order valence-corrected chi connectivity index (χ2v) is 4.93. The number of aliphatic imine (C=N–C) groups is 1. The van der Waals surface area contributed by atoms with Crippen LogP contribution in [-0.4, -0.2) is 79.4 Å². The van der Waals surface area contributed by atoms with Gasteiger partial charge in [0, 0.05) is 0 Å². The van der Waals surface area contributed by atoms with Crippen LogP contribution < -0.4 is 0 Å². The van der Waals surface area contributed by atoms with E-state index in [1.165, 1.54) is 0 Å². The molecule has 0 aromatic heterocycles. The molecule has 150 valence electrons. The highest BCUT2D eigenvalue weighted by Gasteiger charge is 2.44. The first-order chi connectivity index (χ1) is 12.9. The van der Waals surface area contributed by atoms with E-state index in [1.807, 2.05) is 0 Å². The first kappa shape index (κ1) is 22.1. The number of carbonyl (C=O) groups is 4. The van der Waals surface area contributed by atoms with Crippen LogP contribution in [0.3, 0.4) is 0 Å². The SMILES string of the molecule is CCOC(=O)C(=NN1C=N[C@@H](C(=O)OCC)[C@@H]1C(=O)OCC)C(=O)OCC. The predicted molar refractivity (Wildman–Crippen MR) is 91.9 cm³/mol. The molecular weight excluding hydrogens is 362 g/mol. The summed E-state index contributed by atoms with van der Waals surface area (Å²) >= 11 is 0. The minimum absolute atomic E-state index is 0.00188. The molecule has 0 N–H and O–H groups in total. The topological polar surface area (TPSA) is 133 Å². The number of hydrogen-bond donors (Lipinski definition) is 0. The van der Waals surface area contributed by atoms with Gasteiger partial charge in [0.1, 0.15) is 6.34 Å². The van der Waals surface area contributed by atoms with E-state index in [-0.39, 0.29) is 26.4 Å². The number of carbonyl (C=O) groups excluding carboxylic acids is 4. The van der Waals surface area contributed by atoms with Crippen LogP contribution in [0.4, 0.5) is 0 Å². The summed E-state index contributed by atoms with van der Waals surface area (Å²) in [4.78, 5) is 52.3. The Kier molecular flexibility index (Phi) is 8.90. The number of hydrazone groups is 1. The van der Waals surface area contributed by atoms with Gasteiger partial charge in [-0.05, 0) is 27.7 Å². The molecule has 0 spiro atoms. The van der Waals surface area contributed by atoms with Crippen molar-refractivity contribution in [3.63, 3.8) is 0 Å². The van der Waals surface area contributed by atoms with Crippen molar-refractivity contribution >= 4 is 35.9 Å². The van der Waals surface area contributed by atoms with Gasteiger partial charge >= 0.3 is 23.9 Å². The molecule has 0 amide bonds. The van der Waals surface area contributed by atoms with Crippen LogP contribution >= 0.6 is 0 Å². The standard InChI is InChI=1S/C16H23N3O8/c1-5-24-13(20)10-12(16(23)27-8-4)19(9-17-10)18-11(14(21)25-6-2)15(22)26-7-3/h9-10,12H,5-8H2,1-4H3/t10-,12-/m1/s1. The summed E-state index contributed by atoms with van der Waals surface area (Å²) in [5.74, 6) is -3.65. The van der Waals surface area contributed by atoms with Gasteiger partial charge in [-0.25, -0.2) is 24.2 Å². The van der Waals surface area contributed by atoms with Gasteiger partial charge in [-0.3, -0.25) is 4.99 Å². The lowest BCUT2D eigenvalue weighted by Crippen LogP contribution is -2.46. The van der Waals surface area contributed by atoms with Crippen LogP contribution in [0.1, 0.15) is 27.7 Å². The smallest absolute Gasteiger partial charge is 0.366 e. The molecule has 1 aliphatic rings. The Morgan fingerprint density at radius 3 is 1.81 bits per heavy atom. The lowest BCUT2D eigenvalue weighted by atomic mass is 10.1. The van der Waals surface area contributed by atoms with Crippen molar-refractivity contribution in [3.05, 3.63) is 0 Å². The summed E-state index contributed by atoms with van der Waals surface area (Å²) in [6, 6.07) is -2.58. The van der Waals surface area contributed by atoms with E-state index in [0.29, 0.717) is 0 Å². The van der Waals surface area contributed by atoms with E-state index in [2.05, 4.69) is 10.1 Å². The van der Waals surface area contributed by atoms with Crippen LogP contribution in [0.5, 0.6) is 0 Å². The Bertz CT molecular complexity index is 611. The minimum atomic E-state index is -1.33. The Morgan fingerprint density at radius 2 is 1.33 bits per heavy atom. The fraction of sp³-hybridized carbons (Fsp3) is 0.625. The molecule has 0 saturated heterocycles. The Labute approximate surface area is 156 Å². The highest BCUT2D eigenvalue weighted by molar-refractivity contribution is 6.62. The fourth-order valence-corrected chi connectivity index (χ4v) is 2.09. The summed E-state index contributed by atoms with van der Waals surface area (Å²) in [6.45, 7) is 6.42. The molecule has 0 radical (unpaired) electrons. The van der Waals surface area contributed by atoms with E-state index in [9.17, 15) is 19.2 Å². The van der Waals surface area contributed by atoms with Crippen molar-refractivity contribution in [1.82, 2.24) is 5.01 Å². The molecule has 0 aromatic carbocycles. The monoisotopic (exact) mass is 385 g/mol. The third-order valence-electron chi connectivity index (χ3n) is 3.14. The van der Waals surface area contributed by atoms with Gasteiger partial charge in [0.15, 0.2) is 12.1 Å². The Morgan fingerprint density at radius 1 is 0.852 bits per heavy atom. The molecule has 2 atom stereocenters. The van der Waals surface area contributed by atoms with Gasteiger partial charge in [-0.2, -0.15) is 5.10 Å². The zero-order valence-electron chi connectivity index (χ0n) is 15.7. The highest BCUT2D eigenvalue weighted by Crippen LogP contribution is 2.18. The number of esters is 4. The third kappa shape index (κ3) is 5.76. The largest absolute Gasteiger partial charge is 0.464 e. The summed E-state index contributed by atoms with van der Waals surface area (Å²) in [5, 5.41) is 4.72. The van der Waals surface area contributed by atoms with Crippen molar-refractivity contribution in [2.45, 2.75) is 39.8 Å². The number of nitrogens with zero attached hydrogens (tertiary/aromatic N) is 3. The van der Waals surface area contributed by atoms with Gasteiger partial charge < -0.3 is 18.9 Å². The van der Waals surface area contributed by atoms with Gasteiger partial charge in [0.25, 0.3) is 5.71 Å². The molecule has 0 fully saturated rings. The quantitative estimate of drug-likeness (QED) is 0.226.